The van der Waals surface area contributed by atoms with Gasteiger partial charge in [-0.3, -0.25) is 0 Å². The van der Waals surface area contributed by atoms with Crippen LogP contribution in [0.1, 0.15) is 5.56 Å². The molecule has 1 aliphatic rings. The van der Waals surface area contributed by atoms with E-state index >= 15 is 0 Å². The molecule has 1 heteroatoms. The topological polar surface area (TPSA) is 0 Å². The molecule has 16 aromatic rings. The SMILES string of the molecule is Cc1ccccc1-c1c2cc3ccccc3c3c4ccccc4c(c4c5ccc6c7ccc8c9c(ccc(c%10ccc(c14)c5c%106)c97)-c1ccc(-c4cccc5c4sc4ccccc45)cc1-8)c23. The molecule has 1 aliphatic carbocycles. The minimum Gasteiger partial charge on any atom is -0.135 e. The third-order valence-corrected chi connectivity index (χ3v) is 17.2. The van der Waals surface area contributed by atoms with E-state index in [0.29, 0.717) is 0 Å². The normalized spacial score (nSPS) is 12.9. The summed E-state index contributed by atoms with van der Waals surface area (Å²) in [6.45, 7) is 2.28. The lowest BCUT2D eigenvalue weighted by atomic mass is 9.86. The molecule has 0 unspecified atom stereocenters. The van der Waals surface area contributed by atoms with Crippen molar-refractivity contribution in [2.24, 2.45) is 0 Å². The second kappa shape index (κ2) is 11.8. The highest BCUT2D eigenvalue weighted by atomic mass is 32.1. The van der Waals surface area contributed by atoms with Crippen molar-refractivity contribution in [3.8, 4) is 44.5 Å². The van der Waals surface area contributed by atoms with Crippen LogP contribution in [0.3, 0.4) is 0 Å². The van der Waals surface area contributed by atoms with Crippen LogP contribution in [-0.4, -0.2) is 0 Å². The maximum atomic E-state index is 2.49. The molecule has 0 atom stereocenters. The number of hydrogen-bond donors (Lipinski definition) is 0. The Bertz CT molecular complexity index is 4850. The van der Waals surface area contributed by atoms with Gasteiger partial charge in [-0.2, -0.15) is 0 Å². The predicted molar refractivity (Wildman–Crippen MR) is 288 cm³/mol. The second-order valence-corrected chi connectivity index (χ2v) is 20.0. The van der Waals surface area contributed by atoms with Crippen LogP contribution in [0.5, 0.6) is 0 Å². The van der Waals surface area contributed by atoms with Crippen molar-refractivity contribution < 1.29 is 0 Å². The Balaban J connectivity index is 0.988. The first kappa shape index (κ1) is 34.3. The summed E-state index contributed by atoms with van der Waals surface area (Å²) < 4.78 is 2.70. The molecule has 0 fully saturated rings. The summed E-state index contributed by atoms with van der Waals surface area (Å²) in [6, 6.07) is 72.2. The van der Waals surface area contributed by atoms with Crippen molar-refractivity contribution >= 4 is 139 Å². The molecule has 0 bridgehead atoms. The standard InChI is InChI=1S/C65H34S/c1-33-11-2-4-13-36(33)55-53-32-34-12-3-5-14-37(34)56-41-16-6-7-17-42(41)61(64(53)56)63-51-30-28-47-45-25-26-48-52-31-35(38-18-10-19-49-40-15-8-9-20-54(40)66-65(38)49)21-22-39(52)43-23-24-44(58(45)57(43)48)46-27-29-50(62(55)63)60(51)59(46)47/h2-32H,1H3. The van der Waals surface area contributed by atoms with Gasteiger partial charge in [0.1, 0.15) is 0 Å². The highest BCUT2D eigenvalue weighted by Crippen LogP contribution is 2.58. The van der Waals surface area contributed by atoms with Gasteiger partial charge in [0.15, 0.2) is 0 Å². The first-order chi connectivity index (χ1) is 32.7. The highest BCUT2D eigenvalue weighted by Gasteiger charge is 2.30. The molecule has 66 heavy (non-hydrogen) atoms. The fourth-order valence-electron chi connectivity index (χ4n) is 13.4. The van der Waals surface area contributed by atoms with E-state index in [1.807, 2.05) is 11.3 Å². The third kappa shape index (κ3) is 3.94. The van der Waals surface area contributed by atoms with Gasteiger partial charge in [0.2, 0.25) is 0 Å². The fourth-order valence-corrected chi connectivity index (χ4v) is 14.6. The molecule has 17 rings (SSSR count). The molecule has 0 amide bonds. The Morgan fingerprint density at radius 3 is 1.59 bits per heavy atom. The molecular weight excluding hydrogens is 813 g/mol. The molecule has 0 saturated carbocycles. The van der Waals surface area contributed by atoms with Crippen molar-refractivity contribution in [2.75, 3.05) is 0 Å². The van der Waals surface area contributed by atoms with E-state index in [0.717, 1.165) is 0 Å². The summed E-state index contributed by atoms with van der Waals surface area (Å²) in [5, 5.41) is 29.9. The van der Waals surface area contributed by atoms with Crippen molar-refractivity contribution in [3.63, 3.8) is 0 Å². The summed E-state index contributed by atoms with van der Waals surface area (Å²) in [5.41, 5.74) is 11.9. The Labute approximate surface area is 382 Å². The van der Waals surface area contributed by atoms with Crippen LogP contribution in [0.25, 0.3) is 172 Å². The monoisotopic (exact) mass is 846 g/mol. The van der Waals surface area contributed by atoms with Crippen LogP contribution >= 0.6 is 11.3 Å². The van der Waals surface area contributed by atoms with Gasteiger partial charge in [0.25, 0.3) is 0 Å². The number of thiophene rings is 1. The number of fused-ring (bicyclic) bond motifs is 17. The average Bonchev–Trinajstić information content (AvgIpc) is 4.11. The van der Waals surface area contributed by atoms with Gasteiger partial charge < -0.3 is 0 Å². The summed E-state index contributed by atoms with van der Waals surface area (Å²) >= 11 is 1.91. The van der Waals surface area contributed by atoms with Gasteiger partial charge in [0.05, 0.1) is 0 Å². The lowest BCUT2D eigenvalue weighted by molar-refractivity contribution is 1.48. The van der Waals surface area contributed by atoms with Crippen LogP contribution in [0, 0.1) is 6.92 Å². The average molecular weight is 847 g/mol. The maximum Gasteiger partial charge on any atom is 0.0433 e. The molecule has 15 aromatic carbocycles. The minimum atomic E-state index is 1.28. The molecule has 0 nitrogen and oxygen atoms in total. The number of benzene rings is 13. The lowest BCUT2D eigenvalue weighted by Gasteiger charge is -2.16. The largest absolute Gasteiger partial charge is 0.135 e. The van der Waals surface area contributed by atoms with Crippen LogP contribution in [0.15, 0.2) is 188 Å². The smallest absolute Gasteiger partial charge is 0.0433 e. The molecule has 0 radical (unpaired) electrons. The molecule has 0 N–H and O–H groups in total. The van der Waals surface area contributed by atoms with Crippen molar-refractivity contribution in [3.05, 3.63) is 194 Å². The van der Waals surface area contributed by atoms with Crippen molar-refractivity contribution in [2.45, 2.75) is 6.92 Å². The lowest BCUT2D eigenvalue weighted by Crippen LogP contribution is -1.89. The number of hydrogen-bond acceptors (Lipinski definition) is 1. The molecule has 0 aliphatic heterocycles. The first-order valence-electron chi connectivity index (χ1n) is 23.2. The second-order valence-electron chi connectivity index (χ2n) is 18.9. The summed E-state index contributed by atoms with van der Waals surface area (Å²) in [7, 11) is 0. The summed E-state index contributed by atoms with van der Waals surface area (Å²) in [6.07, 6.45) is 0. The number of aryl methyl sites for hydroxylation is 1. The van der Waals surface area contributed by atoms with E-state index in [4.69, 9.17) is 0 Å². The fraction of sp³-hybridized carbons (Fsp3) is 0.0154. The van der Waals surface area contributed by atoms with Crippen LogP contribution in [-0.2, 0) is 0 Å². The Kier molecular flexibility index (Phi) is 6.12. The van der Waals surface area contributed by atoms with Gasteiger partial charge in [0, 0.05) is 20.2 Å². The van der Waals surface area contributed by atoms with Crippen LogP contribution < -0.4 is 0 Å². The molecule has 300 valence electrons. The predicted octanol–water partition coefficient (Wildman–Crippen LogP) is 19.2. The molecular formula is C65H34S. The maximum absolute atomic E-state index is 2.49. The van der Waals surface area contributed by atoms with Crippen molar-refractivity contribution in [1.29, 1.82) is 0 Å². The van der Waals surface area contributed by atoms with E-state index in [1.54, 1.807) is 0 Å². The number of rotatable bonds is 2. The van der Waals surface area contributed by atoms with Gasteiger partial charge >= 0.3 is 0 Å². The minimum absolute atomic E-state index is 1.28. The summed E-state index contributed by atoms with van der Waals surface area (Å²) in [5.74, 6) is 0. The Morgan fingerprint density at radius 2 is 0.788 bits per heavy atom. The zero-order valence-electron chi connectivity index (χ0n) is 35.8. The highest BCUT2D eigenvalue weighted by molar-refractivity contribution is 7.26. The van der Waals surface area contributed by atoms with Crippen LogP contribution in [0.2, 0.25) is 0 Å². The van der Waals surface area contributed by atoms with E-state index < -0.39 is 0 Å². The molecule has 1 heterocycles. The molecule has 0 saturated heterocycles. The van der Waals surface area contributed by atoms with E-state index in [-0.39, 0.29) is 0 Å². The zero-order valence-corrected chi connectivity index (χ0v) is 36.6. The van der Waals surface area contributed by atoms with Gasteiger partial charge in [-0.25, -0.2) is 0 Å². The van der Waals surface area contributed by atoms with E-state index in [9.17, 15) is 0 Å². The first-order valence-corrected chi connectivity index (χ1v) is 24.0. The zero-order chi connectivity index (χ0) is 42.7. The molecule has 0 spiro atoms. The van der Waals surface area contributed by atoms with Gasteiger partial charge in [-0.15, -0.1) is 11.3 Å². The van der Waals surface area contributed by atoms with Crippen molar-refractivity contribution in [1.82, 2.24) is 0 Å². The Morgan fingerprint density at radius 1 is 0.273 bits per heavy atom. The van der Waals surface area contributed by atoms with Crippen LogP contribution in [0.4, 0.5) is 0 Å². The third-order valence-electron chi connectivity index (χ3n) is 16.0. The van der Waals surface area contributed by atoms with E-state index in [2.05, 4.69) is 195 Å². The van der Waals surface area contributed by atoms with E-state index in [1.165, 1.54) is 178 Å². The van der Waals surface area contributed by atoms with Gasteiger partial charge in [-0.05, 0) is 183 Å². The summed E-state index contributed by atoms with van der Waals surface area (Å²) in [4.78, 5) is 0. The Hall–Kier alpha value is -8.10. The molecule has 1 aromatic heterocycles. The quantitative estimate of drug-likeness (QED) is 0.120. The van der Waals surface area contributed by atoms with Gasteiger partial charge in [-0.1, -0.05) is 170 Å².